The van der Waals surface area contributed by atoms with Gasteiger partial charge in [0.1, 0.15) is 11.1 Å². The molecule has 0 aromatic carbocycles. The number of hydrogen-bond acceptors (Lipinski definition) is 3. The van der Waals surface area contributed by atoms with Gasteiger partial charge in [-0.1, -0.05) is 0 Å². The maximum Gasteiger partial charge on any atom is 0.329 e. The number of carbonyl (C=O) groups excluding carboxylic acids is 1. The van der Waals surface area contributed by atoms with Crippen LogP contribution in [0.25, 0.3) is 0 Å². The molecule has 0 aliphatic heterocycles. The molecule has 5 heteroatoms. The van der Waals surface area contributed by atoms with Gasteiger partial charge >= 0.3 is 5.97 Å². The maximum atomic E-state index is 11.6. The van der Waals surface area contributed by atoms with Crippen molar-refractivity contribution in [3.63, 3.8) is 0 Å². The monoisotopic (exact) mass is 201 g/mol. The van der Waals surface area contributed by atoms with E-state index in [-0.39, 0.29) is 5.91 Å². The summed E-state index contributed by atoms with van der Waals surface area (Å²) in [5.74, 6) is -1.36. The molecule has 0 aromatic heterocycles. The minimum absolute atomic E-state index is 0.389. The van der Waals surface area contributed by atoms with E-state index in [2.05, 4.69) is 5.32 Å². The third-order valence-corrected chi connectivity index (χ3v) is 2.57. The molecule has 0 unspecified atom stereocenters. The summed E-state index contributed by atoms with van der Waals surface area (Å²) >= 11 is 0. The zero-order valence-electron chi connectivity index (χ0n) is 8.59. The molecule has 5 nitrogen and oxygen atoms in total. The molecule has 0 heterocycles. The Morgan fingerprint density at radius 3 is 2.21 bits per heavy atom. The van der Waals surface area contributed by atoms with E-state index in [0.717, 1.165) is 0 Å². The Bertz CT molecular complexity index is 268. The summed E-state index contributed by atoms with van der Waals surface area (Å²) < 4.78 is 4.95. The van der Waals surface area contributed by atoms with Crippen LogP contribution >= 0.6 is 0 Å². The highest BCUT2D eigenvalue weighted by Crippen LogP contribution is 2.36. The molecule has 0 saturated heterocycles. The van der Waals surface area contributed by atoms with Crippen molar-refractivity contribution in [2.45, 2.75) is 37.8 Å². The Morgan fingerprint density at radius 1 is 1.43 bits per heavy atom. The second-order valence-corrected chi connectivity index (χ2v) is 4.06. The standard InChI is InChI=1S/C9H15NO4/c1-8(2,14-3)6(11)10-9(4-5-9)7(12)13/h4-5H2,1-3H3,(H,10,11)(H,12,13). The molecule has 0 radical (unpaired) electrons. The first-order valence-electron chi connectivity index (χ1n) is 4.45. The number of carbonyl (C=O) groups is 2. The Labute approximate surface area is 82.4 Å². The topological polar surface area (TPSA) is 75.6 Å². The third kappa shape index (κ3) is 1.87. The Morgan fingerprint density at radius 2 is 1.93 bits per heavy atom. The van der Waals surface area contributed by atoms with Gasteiger partial charge in [0.2, 0.25) is 0 Å². The quantitative estimate of drug-likeness (QED) is 0.678. The lowest BCUT2D eigenvalue weighted by Gasteiger charge is -2.24. The maximum absolute atomic E-state index is 11.6. The van der Waals surface area contributed by atoms with Crippen LogP contribution in [0.15, 0.2) is 0 Å². The van der Waals surface area contributed by atoms with Gasteiger partial charge in [0, 0.05) is 7.11 Å². The molecule has 1 aliphatic carbocycles. The van der Waals surface area contributed by atoms with Crippen molar-refractivity contribution in [2.75, 3.05) is 7.11 Å². The summed E-state index contributed by atoms with van der Waals surface area (Å²) in [6.45, 7) is 3.19. The number of aliphatic carboxylic acids is 1. The summed E-state index contributed by atoms with van der Waals surface area (Å²) in [5, 5.41) is 11.3. The van der Waals surface area contributed by atoms with Crippen LogP contribution in [-0.2, 0) is 14.3 Å². The van der Waals surface area contributed by atoms with Crippen LogP contribution in [-0.4, -0.2) is 35.2 Å². The first kappa shape index (κ1) is 11.0. The SMILES string of the molecule is COC(C)(C)C(=O)NC1(C(=O)O)CC1. The van der Waals surface area contributed by atoms with Crippen LogP contribution in [0.5, 0.6) is 0 Å². The fraction of sp³-hybridized carbons (Fsp3) is 0.778. The lowest BCUT2D eigenvalue weighted by atomic mass is 10.1. The molecule has 80 valence electrons. The molecule has 1 rings (SSSR count). The molecule has 0 bridgehead atoms. The second kappa shape index (κ2) is 3.24. The fourth-order valence-electron chi connectivity index (χ4n) is 0.978. The fourth-order valence-corrected chi connectivity index (χ4v) is 0.978. The number of methoxy groups -OCH3 is 1. The van der Waals surface area contributed by atoms with Gasteiger partial charge in [-0.2, -0.15) is 0 Å². The van der Waals surface area contributed by atoms with Crippen LogP contribution < -0.4 is 5.32 Å². The van der Waals surface area contributed by atoms with Gasteiger partial charge < -0.3 is 15.2 Å². The average Bonchev–Trinajstić information content (AvgIpc) is 2.85. The van der Waals surface area contributed by atoms with Crippen LogP contribution in [0.4, 0.5) is 0 Å². The minimum Gasteiger partial charge on any atom is -0.480 e. The Balaban J connectivity index is 2.62. The van der Waals surface area contributed by atoms with Gasteiger partial charge in [-0.3, -0.25) is 4.79 Å². The predicted octanol–water partition coefficient (Wildman–Crippen LogP) is 0.145. The zero-order chi connectivity index (χ0) is 11.0. The van der Waals surface area contributed by atoms with Crippen molar-refractivity contribution in [2.24, 2.45) is 0 Å². The zero-order valence-corrected chi connectivity index (χ0v) is 8.59. The number of carboxylic acids is 1. The van der Waals surface area contributed by atoms with E-state index in [9.17, 15) is 9.59 Å². The molecule has 1 amide bonds. The van der Waals surface area contributed by atoms with Crippen LogP contribution in [0.1, 0.15) is 26.7 Å². The molecule has 0 spiro atoms. The van der Waals surface area contributed by atoms with Crippen molar-refractivity contribution in [1.29, 1.82) is 0 Å². The van der Waals surface area contributed by atoms with E-state index < -0.39 is 17.1 Å². The van der Waals surface area contributed by atoms with Crippen molar-refractivity contribution >= 4 is 11.9 Å². The lowest BCUT2D eigenvalue weighted by Crippen LogP contribution is -2.51. The summed E-state index contributed by atoms with van der Waals surface area (Å²) in [5.41, 5.74) is -2.02. The number of hydrogen-bond donors (Lipinski definition) is 2. The average molecular weight is 201 g/mol. The molecule has 1 saturated carbocycles. The minimum atomic E-state index is -1.03. The van der Waals surface area contributed by atoms with Gasteiger partial charge in [-0.05, 0) is 26.7 Å². The van der Waals surface area contributed by atoms with Crippen LogP contribution in [0.2, 0.25) is 0 Å². The smallest absolute Gasteiger partial charge is 0.329 e. The number of carboxylic acid groups (broad SMARTS) is 1. The largest absolute Gasteiger partial charge is 0.480 e. The van der Waals surface area contributed by atoms with Gasteiger partial charge in [0.15, 0.2) is 0 Å². The van der Waals surface area contributed by atoms with E-state index in [1.807, 2.05) is 0 Å². The van der Waals surface area contributed by atoms with Crippen LogP contribution in [0.3, 0.4) is 0 Å². The molecular weight excluding hydrogens is 186 g/mol. The van der Waals surface area contributed by atoms with Gasteiger partial charge in [0.25, 0.3) is 5.91 Å². The summed E-state index contributed by atoms with van der Waals surface area (Å²) in [7, 11) is 1.42. The first-order chi connectivity index (χ1) is 6.34. The number of rotatable bonds is 4. The molecule has 1 fully saturated rings. The highest BCUT2D eigenvalue weighted by atomic mass is 16.5. The van der Waals surface area contributed by atoms with Crippen molar-refractivity contribution in [1.82, 2.24) is 5.32 Å². The van der Waals surface area contributed by atoms with E-state index >= 15 is 0 Å². The summed E-state index contributed by atoms with van der Waals surface area (Å²) in [4.78, 5) is 22.3. The highest BCUT2D eigenvalue weighted by molar-refractivity contribution is 5.92. The molecule has 0 aromatic rings. The van der Waals surface area contributed by atoms with Crippen molar-refractivity contribution in [3.8, 4) is 0 Å². The summed E-state index contributed by atoms with van der Waals surface area (Å²) in [6, 6.07) is 0. The highest BCUT2D eigenvalue weighted by Gasteiger charge is 2.53. The van der Waals surface area contributed by atoms with E-state index in [1.54, 1.807) is 13.8 Å². The van der Waals surface area contributed by atoms with Crippen LogP contribution in [0, 0.1) is 0 Å². The van der Waals surface area contributed by atoms with E-state index in [1.165, 1.54) is 7.11 Å². The Hall–Kier alpha value is -1.10. The molecular formula is C9H15NO4. The lowest BCUT2D eigenvalue weighted by molar-refractivity contribution is -0.148. The molecule has 0 atom stereocenters. The van der Waals surface area contributed by atoms with Crippen molar-refractivity contribution in [3.05, 3.63) is 0 Å². The third-order valence-electron chi connectivity index (χ3n) is 2.57. The molecule has 14 heavy (non-hydrogen) atoms. The normalized spacial score (nSPS) is 18.8. The molecule has 2 N–H and O–H groups in total. The summed E-state index contributed by atoms with van der Waals surface area (Å²) in [6.07, 6.45) is 0.988. The predicted molar refractivity (Wildman–Crippen MR) is 48.8 cm³/mol. The van der Waals surface area contributed by atoms with E-state index in [0.29, 0.717) is 12.8 Å². The number of amides is 1. The first-order valence-corrected chi connectivity index (χ1v) is 4.45. The van der Waals surface area contributed by atoms with Gasteiger partial charge in [-0.15, -0.1) is 0 Å². The van der Waals surface area contributed by atoms with Gasteiger partial charge in [0.05, 0.1) is 0 Å². The van der Waals surface area contributed by atoms with Gasteiger partial charge in [-0.25, -0.2) is 4.79 Å². The number of nitrogens with one attached hydrogen (secondary N) is 1. The number of ether oxygens (including phenoxy) is 1. The molecule has 1 aliphatic rings. The second-order valence-electron chi connectivity index (χ2n) is 4.06. The Kier molecular flexibility index (Phi) is 2.54. The van der Waals surface area contributed by atoms with Crippen molar-refractivity contribution < 1.29 is 19.4 Å². The van der Waals surface area contributed by atoms with E-state index in [4.69, 9.17) is 9.84 Å².